The molecule has 2 N–H and O–H groups in total. The Morgan fingerprint density at radius 1 is 1.09 bits per heavy atom. The minimum absolute atomic E-state index is 0.112. The third-order valence-corrected chi connectivity index (χ3v) is 6.08. The Morgan fingerprint density at radius 3 is 2.62 bits per heavy atom. The summed E-state index contributed by atoms with van der Waals surface area (Å²) < 4.78 is 1.76. The minimum atomic E-state index is 0.112. The van der Waals surface area contributed by atoms with E-state index in [4.69, 9.17) is 9.97 Å². The van der Waals surface area contributed by atoms with Gasteiger partial charge in [0.2, 0.25) is 0 Å². The molecule has 0 spiro atoms. The van der Waals surface area contributed by atoms with Gasteiger partial charge in [0.25, 0.3) is 0 Å². The van der Waals surface area contributed by atoms with Crippen molar-refractivity contribution >= 4 is 27.8 Å². The third kappa shape index (κ3) is 3.77. The normalized spacial score (nSPS) is 17.0. The van der Waals surface area contributed by atoms with Crippen molar-refractivity contribution in [3.8, 4) is 17.0 Å². The molecular formula is C25H30N6O. The van der Waals surface area contributed by atoms with E-state index in [1.54, 1.807) is 4.68 Å². The summed E-state index contributed by atoms with van der Waals surface area (Å²) in [5.41, 5.74) is 4.81. The first-order valence-corrected chi connectivity index (χ1v) is 11.1. The number of anilines is 1. The van der Waals surface area contributed by atoms with Crippen LogP contribution in [0.3, 0.4) is 0 Å². The largest absolute Gasteiger partial charge is 0.507 e. The molecule has 166 valence electrons. The van der Waals surface area contributed by atoms with E-state index in [1.807, 2.05) is 50.5 Å². The Balaban J connectivity index is 1.45. The van der Waals surface area contributed by atoms with Gasteiger partial charge in [0.05, 0.1) is 22.2 Å². The second kappa shape index (κ2) is 7.45. The van der Waals surface area contributed by atoms with E-state index in [1.165, 1.54) is 0 Å². The number of fused-ring (bicyclic) bond motifs is 2. The van der Waals surface area contributed by atoms with Gasteiger partial charge in [-0.3, -0.25) is 4.68 Å². The zero-order valence-corrected chi connectivity index (χ0v) is 19.3. The van der Waals surface area contributed by atoms with Crippen LogP contribution in [0, 0.1) is 6.92 Å². The number of pyridine rings is 2. The van der Waals surface area contributed by atoms with Gasteiger partial charge in [-0.1, -0.05) is 0 Å². The molecule has 32 heavy (non-hydrogen) atoms. The Kier molecular flexibility index (Phi) is 4.82. The van der Waals surface area contributed by atoms with Gasteiger partial charge in [-0.15, -0.1) is 0 Å². The van der Waals surface area contributed by atoms with Crippen molar-refractivity contribution in [3.05, 3.63) is 42.1 Å². The van der Waals surface area contributed by atoms with Crippen LogP contribution in [0.4, 0.5) is 5.82 Å². The van der Waals surface area contributed by atoms with Crippen molar-refractivity contribution in [3.63, 3.8) is 0 Å². The lowest BCUT2D eigenvalue weighted by atomic mass is 10.0. The average molecular weight is 431 g/mol. The number of aromatic nitrogens is 4. The summed E-state index contributed by atoms with van der Waals surface area (Å²) in [5, 5.41) is 19.9. The van der Waals surface area contributed by atoms with Crippen molar-refractivity contribution in [2.75, 3.05) is 18.0 Å². The molecule has 0 saturated carbocycles. The molecule has 1 aliphatic rings. The molecule has 0 amide bonds. The second-order valence-electron chi connectivity index (χ2n) is 9.87. The fraction of sp³-hybridized carbons (Fsp3) is 0.400. The van der Waals surface area contributed by atoms with E-state index in [0.29, 0.717) is 11.6 Å². The van der Waals surface area contributed by atoms with Crippen molar-refractivity contribution in [2.45, 2.75) is 45.7 Å². The van der Waals surface area contributed by atoms with Crippen LogP contribution in [0.2, 0.25) is 0 Å². The summed E-state index contributed by atoms with van der Waals surface area (Å²) in [6.07, 6.45) is 3.07. The highest BCUT2D eigenvalue weighted by atomic mass is 16.3. The van der Waals surface area contributed by atoms with Gasteiger partial charge in [0.15, 0.2) is 0 Å². The minimum Gasteiger partial charge on any atom is -0.507 e. The highest BCUT2D eigenvalue weighted by molar-refractivity contribution is 5.91. The fourth-order valence-corrected chi connectivity index (χ4v) is 4.66. The van der Waals surface area contributed by atoms with E-state index in [9.17, 15) is 5.11 Å². The summed E-state index contributed by atoms with van der Waals surface area (Å²) in [6, 6.07) is 10.4. The summed E-state index contributed by atoms with van der Waals surface area (Å²) in [6.45, 7) is 10.5. The van der Waals surface area contributed by atoms with Crippen LogP contribution in [-0.4, -0.2) is 49.5 Å². The first-order chi connectivity index (χ1) is 15.2. The van der Waals surface area contributed by atoms with Crippen molar-refractivity contribution < 1.29 is 5.11 Å². The highest BCUT2D eigenvalue weighted by Gasteiger charge is 2.26. The number of hydrogen-bond acceptors (Lipinski definition) is 6. The molecule has 1 saturated heterocycles. The van der Waals surface area contributed by atoms with Gasteiger partial charge in [-0.05, 0) is 64.4 Å². The number of phenolic OH excluding ortho intramolecular Hbond substituents is 1. The number of nitrogens with one attached hydrogen (secondary N) is 1. The molecule has 3 aromatic heterocycles. The summed E-state index contributed by atoms with van der Waals surface area (Å²) in [7, 11) is 1.88. The van der Waals surface area contributed by atoms with Gasteiger partial charge in [0, 0.05) is 54.4 Å². The molecule has 1 atom stereocenters. The van der Waals surface area contributed by atoms with Gasteiger partial charge in [-0.2, -0.15) is 5.10 Å². The molecule has 1 unspecified atom stereocenters. The fourth-order valence-electron chi connectivity index (χ4n) is 4.66. The zero-order chi connectivity index (χ0) is 22.6. The molecule has 5 rings (SSSR count). The number of aryl methyl sites for hydroxylation is 2. The van der Waals surface area contributed by atoms with Crippen LogP contribution < -0.4 is 10.2 Å². The van der Waals surface area contributed by atoms with Gasteiger partial charge < -0.3 is 15.3 Å². The van der Waals surface area contributed by atoms with Crippen molar-refractivity contribution in [2.24, 2.45) is 7.05 Å². The average Bonchev–Trinajstić information content (AvgIpc) is 3.34. The van der Waals surface area contributed by atoms with E-state index >= 15 is 0 Å². The molecule has 7 heteroatoms. The monoisotopic (exact) mass is 430 g/mol. The lowest BCUT2D eigenvalue weighted by Crippen LogP contribution is -2.44. The molecule has 1 fully saturated rings. The molecule has 1 aliphatic heterocycles. The van der Waals surface area contributed by atoms with E-state index < -0.39 is 0 Å². The van der Waals surface area contributed by atoms with Gasteiger partial charge in [0.1, 0.15) is 11.6 Å². The zero-order valence-electron chi connectivity index (χ0n) is 19.3. The maximum atomic E-state index is 10.8. The highest BCUT2D eigenvalue weighted by Crippen LogP contribution is 2.36. The van der Waals surface area contributed by atoms with Gasteiger partial charge >= 0.3 is 0 Å². The smallest absolute Gasteiger partial charge is 0.130 e. The lowest BCUT2D eigenvalue weighted by Gasteiger charge is -2.26. The first kappa shape index (κ1) is 20.7. The summed E-state index contributed by atoms with van der Waals surface area (Å²) in [5.74, 6) is 1.21. The molecule has 0 aliphatic carbocycles. The number of phenols is 1. The lowest BCUT2D eigenvalue weighted by molar-refractivity contribution is 0.373. The predicted octanol–water partition coefficient (Wildman–Crippen LogP) is 4.16. The number of hydrogen-bond donors (Lipinski definition) is 2. The molecule has 4 aromatic rings. The molecular weight excluding hydrogens is 400 g/mol. The van der Waals surface area contributed by atoms with E-state index in [-0.39, 0.29) is 11.3 Å². The molecule has 7 nitrogen and oxygen atoms in total. The van der Waals surface area contributed by atoms with Crippen molar-refractivity contribution in [1.29, 1.82) is 0 Å². The van der Waals surface area contributed by atoms with Crippen molar-refractivity contribution in [1.82, 2.24) is 25.1 Å². The van der Waals surface area contributed by atoms with Crippen LogP contribution >= 0.6 is 0 Å². The molecule has 0 radical (unpaired) electrons. The Morgan fingerprint density at radius 2 is 1.84 bits per heavy atom. The van der Waals surface area contributed by atoms with E-state index in [0.717, 1.165) is 58.5 Å². The number of nitrogens with zero attached hydrogens (tertiary/aromatic N) is 5. The standard InChI is InChI=1S/C25H30N6O/c1-15-23-16(13-30(5)29-23)12-18(24(15)32)19-6-7-21-20(26-19)8-9-22(27-21)31-11-10-17(14-31)28-25(2,3)4/h6-9,12-13,17,28,32H,10-11,14H2,1-5H3. The summed E-state index contributed by atoms with van der Waals surface area (Å²) >= 11 is 0. The molecule has 0 bridgehead atoms. The number of aromatic hydroxyl groups is 1. The van der Waals surface area contributed by atoms with Crippen LogP contribution in [-0.2, 0) is 7.05 Å². The maximum Gasteiger partial charge on any atom is 0.130 e. The second-order valence-corrected chi connectivity index (χ2v) is 9.87. The van der Waals surface area contributed by atoms with Crippen LogP contribution in [0.15, 0.2) is 36.5 Å². The van der Waals surface area contributed by atoms with Crippen LogP contribution in [0.5, 0.6) is 5.75 Å². The predicted molar refractivity (Wildman–Crippen MR) is 129 cm³/mol. The first-order valence-electron chi connectivity index (χ1n) is 11.1. The molecule has 1 aromatic carbocycles. The Bertz CT molecular complexity index is 1320. The summed E-state index contributed by atoms with van der Waals surface area (Å²) in [4.78, 5) is 12.0. The number of benzene rings is 1. The third-order valence-electron chi connectivity index (χ3n) is 6.08. The quantitative estimate of drug-likeness (QED) is 0.508. The Hall–Kier alpha value is -3.19. The van der Waals surface area contributed by atoms with Crippen LogP contribution in [0.25, 0.3) is 33.2 Å². The van der Waals surface area contributed by atoms with Gasteiger partial charge in [-0.25, -0.2) is 9.97 Å². The Labute approximate surface area is 188 Å². The number of rotatable bonds is 3. The van der Waals surface area contributed by atoms with Crippen LogP contribution in [0.1, 0.15) is 32.8 Å². The van der Waals surface area contributed by atoms with E-state index in [2.05, 4.69) is 36.1 Å². The maximum absolute atomic E-state index is 10.8. The SMILES string of the molecule is Cc1c(O)c(-c2ccc3nc(N4CCC(NC(C)(C)C)C4)ccc3n2)cc2cn(C)nc12. The topological polar surface area (TPSA) is 79.1 Å². The molecule has 4 heterocycles.